The maximum Gasteiger partial charge on any atom is 0.263 e. The Morgan fingerprint density at radius 3 is 2.39 bits per heavy atom. The van der Waals surface area contributed by atoms with Gasteiger partial charge in [-0.05, 0) is 6.42 Å². The number of hydrogen-bond donors (Lipinski definition) is 3. The standard InChI is InChI=1S/C11H18N4O2S/c1-4-5-14-10(17)8-7(12)6(9(13)16)11(18-8)15(2)3/h4-5,12H2,1-3H3,(H2,13,16)(H,14,17). The highest BCUT2D eigenvalue weighted by Crippen LogP contribution is 2.36. The first-order valence-electron chi connectivity index (χ1n) is 5.57. The third kappa shape index (κ3) is 2.73. The molecule has 5 N–H and O–H groups in total. The van der Waals surface area contributed by atoms with Crippen molar-refractivity contribution < 1.29 is 9.59 Å². The van der Waals surface area contributed by atoms with Crippen LogP contribution in [0.2, 0.25) is 0 Å². The van der Waals surface area contributed by atoms with Gasteiger partial charge < -0.3 is 21.7 Å². The van der Waals surface area contributed by atoms with E-state index in [4.69, 9.17) is 11.5 Å². The van der Waals surface area contributed by atoms with Gasteiger partial charge in [-0.1, -0.05) is 6.92 Å². The molecule has 0 aliphatic carbocycles. The Morgan fingerprint density at radius 1 is 1.39 bits per heavy atom. The highest BCUT2D eigenvalue weighted by Gasteiger charge is 2.24. The summed E-state index contributed by atoms with van der Waals surface area (Å²) in [5.74, 6) is -0.892. The molecular formula is C11H18N4O2S. The van der Waals surface area contributed by atoms with Crippen LogP contribution < -0.4 is 21.7 Å². The van der Waals surface area contributed by atoms with E-state index in [1.54, 1.807) is 19.0 Å². The van der Waals surface area contributed by atoms with Crippen LogP contribution in [0.5, 0.6) is 0 Å². The number of carbonyl (C=O) groups is 2. The van der Waals surface area contributed by atoms with Gasteiger partial charge in [0.15, 0.2) is 0 Å². The second-order valence-electron chi connectivity index (χ2n) is 4.04. The van der Waals surface area contributed by atoms with Crippen molar-refractivity contribution in [2.45, 2.75) is 13.3 Å². The first-order valence-corrected chi connectivity index (χ1v) is 6.39. The van der Waals surface area contributed by atoms with Crippen molar-refractivity contribution >= 4 is 33.8 Å². The Hall–Kier alpha value is -1.76. The minimum atomic E-state index is -0.623. The van der Waals surface area contributed by atoms with Gasteiger partial charge in [0, 0.05) is 20.6 Å². The van der Waals surface area contributed by atoms with Crippen molar-refractivity contribution in [1.29, 1.82) is 0 Å². The second kappa shape index (κ2) is 5.72. The van der Waals surface area contributed by atoms with Crippen LogP contribution in [0.3, 0.4) is 0 Å². The van der Waals surface area contributed by atoms with E-state index in [1.165, 1.54) is 11.3 Å². The van der Waals surface area contributed by atoms with E-state index in [2.05, 4.69) is 5.32 Å². The molecule has 0 unspecified atom stereocenters. The molecular weight excluding hydrogens is 252 g/mol. The average Bonchev–Trinajstić information content (AvgIpc) is 2.64. The molecule has 100 valence electrons. The van der Waals surface area contributed by atoms with Crippen LogP contribution in [0.1, 0.15) is 33.4 Å². The van der Waals surface area contributed by atoms with Crippen LogP contribution in [-0.4, -0.2) is 32.5 Å². The van der Waals surface area contributed by atoms with Gasteiger partial charge in [0.05, 0.1) is 11.3 Å². The largest absolute Gasteiger partial charge is 0.397 e. The van der Waals surface area contributed by atoms with Gasteiger partial charge in [-0.15, -0.1) is 11.3 Å². The Morgan fingerprint density at radius 2 is 2.00 bits per heavy atom. The summed E-state index contributed by atoms with van der Waals surface area (Å²) in [7, 11) is 3.54. The molecule has 1 aromatic rings. The Labute approximate surface area is 110 Å². The van der Waals surface area contributed by atoms with Crippen LogP contribution in [0, 0.1) is 0 Å². The maximum atomic E-state index is 11.9. The zero-order valence-corrected chi connectivity index (χ0v) is 11.6. The van der Waals surface area contributed by atoms with E-state index in [-0.39, 0.29) is 17.2 Å². The monoisotopic (exact) mass is 270 g/mol. The third-order valence-corrected chi connectivity index (χ3v) is 3.69. The Bertz CT molecular complexity index is 468. The predicted octanol–water partition coefficient (Wildman–Crippen LogP) is 0.635. The molecule has 0 radical (unpaired) electrons. The quantitative estimate of drug-likeness (QED) is 0.730. The number of nitrogen functional groups attached to an aromatic ring is 1. The summed E-state index contributed by atoms with van der Waals surface area (Å²) in [5, 5.41) is 3.33. The molecule has 1 rings (SSSR count). The zero-order valence-electron chi connectivity index (χ0n) is 10.7. The molecule has 0 aliphatic rings. The summed E-state index contributed by atoms with van der Waals surface area (Å²) in [6.45, 7) is 2.53. The van der Waals surface area contributed by atoms with E-state index in [1.807, 2.05) is 6.92 Å². The van der Waals surface area contributed by atoms with E-state index in [0.29, 0.717) is 16.4 Å². The number of thiophene rings is 1. The van der Waals surface area contributed by atoms with E-state index in [0.717, 1.165) is 6.42 Å². The zero-order chi connectivity index (χ0) is 13.9. The number of hydrogen-bond acceptors (Lipinski definition) is 5. The molecule has 2 amide bonds. The van der Waals surface area contributed by atoms with Crippen LogP contribution in [0.15, 0.2) is 0 Å². The number of nitrogens with two attached hydrogens (primary N) is 2. The molecule has 7 heteroatoms. The fourth-order valence-electron chi connectivity index (χ4n) is 1.47. The number of rotatable bonds is 5. The maximum absolute atomic E-state index is 11.9. The number of anilines is 2. The Kier molecular flexibility index (Phi) is 4.55. The fraction of sp³-hybridized carbons (Fsp3) is 0.455. The molecule has 0 spiro atoms. The highest BCUT2D eigenvalue weighted by molar-refractivity contribution is 7.19. The summed E-state index contributed by atoms with van der Waals surface area (Å²) >= 11 is 1.17. The van der Waals surface area contributed by atoms with Crippen molar-refractivity contribution in [3.63, 3.8) is 0 Å². The molecule has 0 fully saturated rings. The number of carbonyl (C=O) groups excluding carboxylic acids is 2. The fourth-order valence-corrected chi connectivity index (χ4v) is 2.54. The minimum Gasteiger partial charge on any atom is -0.397 e. The normalized spacial score (nSPS) is 10.2. The summed E-state index contributed by atoms with van der Waals surface area (Å²) in [4.78, 5) is 25.3. The van der Waals surface area contributed by atoms with Gasteiger partial charge in [0.2, 0.25) is 0 Å². The van der Waals surface area contributed by atoms with E-state index < -0.39 is 5.91 Å². The van der Waals surface area contributed by atoms with Crippen molar-refractivity contribution in [2.24, 2.45) is 5.73 Å². The topological polar surface area (TPSA) is 101 Å². The molecule has 0 atom stereocenters. The number of nitrogens with zero attached hydrogens (tertiary/aromatic N) is 1. The highest BCUT2D eigenvalue weighted by atomic mass is 32.1. The first-order chi connectivity index (χ1) is 8.40. The first kappa shape index (κ1) is 14.3. The lowest BCUT2D eigenvalue weighted by Gasteiger charge is -2.10. The third-order valence-electron chi connectivity index (χ3n) is 2.32. The summed E-state index contributed by atoms with van der Waals surface area (Å²) in [5.41, 5.74) is 11.5. The lowest BCUT2D eigenvalue weighted by molar-refractivity contribution is 0.0958. The molecule has 0 saturated heterocycles. The number of primary amides is 1. The number of amides is 2. The van der Waals surface area contributed by atoms with Gasteiger partial charge in [0.1, 0.15) is 9.88 Å². The average molecular weight is 270 g/mol. The molecule has 18 heavy (non-hydrogen) atoms. The summed E-state index contributed by atoms with van der Waals surface area (Å²) in [6.07, 6.45) is 0.834. The minimum absolute atomic E-state index is 0.157. The Balaban J connectivity index is 3.19. The van der Waals surface area contributed by atoms with Crippen LogP contribution in [0.4, 0.5) is 10.7 Å². The molecule has 0 aromatic carbocycles. The van der Waals surface area contributed by atoms with Gasteiger partial charge in [-0.25, -0.2) is 0 Å². The molecule has 0 aliphatic heterocycles. The van der Waals surface area contributed by atoms with Gasteiger partial charge >= 0.3 is 0 Å². The van der Waals surface area contributed by atoms with Crippen molar-refractivity contribution in [2.75, 3.05) is 31.3 Å². The number of nitrogens with one attached hydrogen (secondary N) is 1. The molecule has 0 bridgehead atoms. The van der Waals surface area contributed by atoms with Crippen LogP contribution in [-0.2, 0) is 0 Å². The lowest BCUT2D eigenvalue weighted by atomic mass is 10.2. The summed E-state index contributed by atoms with van der Waals surface area (Å²) < 4.78 is 0. The van der Waals surface area contributed by atoms with Crippen molar-refractivity contribution in [3.8, 4) is 0 Å². The summed E-state index contributed by atoms with van der Waals surface area (Å²) in [6, 6.07) is 0. The van der Waals surface area contributed by atoms with Crippen LogP contribution >= 0.6 is 11.3 Å². The van der Waals surface area contributed by atoms with Gasteiger partial charge in [-0.2, -0.15) is 0 Å². The molecule has 0 saturated carbocycles. The van der Waals surface area contributed by atoms with Gasteiger partial charge in [-0.3, -0.25) is 9.59 Å². The van der Waals surface area contributed by atoms with E-state index in [9.17, 15) is 9.59 Å². The lowest BCUT2D eigenvalue weighted by Crippen LogP contribution is -2.24. The molecule has 1 heterocycles. The predicted molar refractivity (Wildman–Crippen MR) is 74.2 cm³/mol. The molecule has 1 aromatic heterocycles. The van der Waals surface area contributed by atoms with Crippen molar-refractivity contribution in [3.05, 3.63) is 10.4 Å². The van der Waals surface area contributed by atoms with Crippen molar-refractivity contribution in [1.82, 2.24) is 5.32 Å². The SMILES string of the molecule is CCCNC(=O)c1sc(N(C)C)c(C(N)=O)c1N. The van der Waals surface area contributed by atoms with Gasteiger partial charge in [0.25, 0.3) is 11.8 Å². The second-order valence-corrected chi connectivity index (χ2v) is 5.04. The smallest absolute Gasteiger partial charge is 0.263 e. The van der Waals surface area contributed by atoms with E-state index >= 15 is 0 Å². The molecule has 6 nitrogen and oxygen atoms in total. The van der Waals surface area contributed by atoms with Crippen LogP contribution in [0.25, 0.3) is 0 Å².